The van der Waals surface area contributed by atoms with Gasteiger partial charge in [-0.15, -0.1) is 0 Å². The second-order valence-electron chi connectivity index (χ2n) is 10.1. The van der Waals surface area contributed by atoms with Gasteiger partial charge in [-0.05, 0) is 57.5 Å². The Kier molecular flexibility index (Phi) is 13.8. The second-order valence-corrected chi connectivity index (χ2v) is 11.6. The van der Waals surface area contributed by atoms with Crippen molar-refractivity contribution in [2.24, 2.45) is 4.99 Å². The third-order valence-electron chi connectivity index (χ3n) is 6.91. The van der Waals surface area contributed by atoms with Crippen molar-refractivity contribution in [3.05, 3.63) is 39.3 Å². The number of carbonyl (C=O) groups is 2. The van der Waals surface area contributed by atoms with Gasteiger partial charge in [-0.25, -0.2) is 39.0 Å². The fraction of sp³-hybridized carbons (Fsp3) is 0.538. The number of aromatic nitrogens is 6. The molecule has 2 saturated carbocycles. The van der Waals surface area contributed by atoms with Gasteiger partial charge in [0.15, 0.2) is 20.7 Å². The summed E-state index contributed by atoms with van der Waals surface area (Å²) in [6.45, 7) is 0. The predicted molar refractivity (Wildman–Crippen MR) is 156 cm³/mol. The summed E-state index contributed by atoms with van der Waals surface area (Å²) in [6.07, 6.45) is 8.05. The lowest BCUT2D eigenvalue weighted by Crippen LogP contribution is -2.34. The first-order chi connectivity index (χ1) is 21.7. The summed E-state index contributed by atoms with van der Waals surface area (Å²) >= 11 is 6.81. The van der Waals surface area contributed by atoms with Crippen molar-refractivity contribution >= 4 is 61.6 Å². The van der Waals surface area contributed by atoms with Crippen LogP contribution in [0.1, 0.15) is 87.4 Å². The molecule has 20 heteroatoms. The minimum Gasteiger partial charge on any atom is -0.380 e. The molecular weight excluding hydrogens is 762 g/mol. The number of hydrogen-bond donors (Lipinski definition) is 2. The molecule has 0 aromatic carbocycles. The van der Waals surface area contributed by atoms with Gasteiger partial charge in [-0.2, -0.15) is 31.4 Å². The monoisotopic (exact) mass is 788 g/mol. The summed E-state index contributed by atoms with van der Waals surface area (Å²) in [7, 11) is 0. The highest BCUT2D eigenvalue weighted by Gasteiger charge is 2.49. The van der Waals surface area contributed by atoms with Gasteiger partial charge < -0.3 is 4.74 Å². The Hall–Kier alpha value is -3.26. The molecule has 252 valence electrons. The average molecular weight is 790 g/mol. The Bertz CT molecular complexity index is 1470. The van der Waals surface area contributed by atoms with Crippen LogP contribution in [-0.2, 0) is 14.3 Å². The molecule has 0 radical (unpaired) electrons. The van der Waals surface area contributed by atoms with E-state index >= 15 is 0 Å². The summed E-state index contributed by atoms with van der Waals surface area (Å²) in [6, 6.07) is 0. The van der Waals surface area contributed by atoms with Crippen molar-refractivity contribution in [2.45, 2.75) is 88.4 Å². The highest BCUT2D eigenvalue weighted by molar-refractivity contribution is 9.10. The number of nitrogens with zero attached hydrogens (tertiary/aromatic N) is 7. The molecule has 2 N–H and O–H groups in total. The standard InChI is InChI=1S/C11H15BrN4O.C11H13BrN4.C4F6O3/c12-10-11(14-7-15-17)13-6-9(16-10)8-4-2-1-3-5-8;12-10-11-13-7-14-16(11)6-9(15-10)8-4-2-1-3-5-8;5-3(6,7)1(11)13-2(12)4(8,9)10/h6-8,17H,1-5H2,(H,13,14,15);6-8H,1-5H2;. The van der Waals surface area contributed by atoms with Crippen molar-refractivity contribution in [2.75, 3.05) is 0 Å². The number of carbonyl (C=O) groups excluding carboxylic acids is 2. The lowest BCUT2D eigenvalue weighted by atomic mass is 9.87. The number of nitrogens with one attached hydrogen (secondary N) is 1. The number of fused-ring (bicyclic) bond motifs is 1. The maximum atomic E-state index is 11.2. The number of halogens is 8. The number of alkyl halides is 6. The smallest absolute Gasteiger partial charge is 0.380 e. The molecule has 0 aliphatic heterocycles. The second kappa shape index (κ2) is 17.1. The Balaban J connectivity index is 0.000000190. The fourth-order valence-electron chi connectivity index (χ4n) is 4.75. The van der Waals surface area contributed by atoms with Gasteiger partial charge in [-0.1, -0.05) is 38.5 Å². The zero-order chi connectivity index (χ0) is 33.9. The maximum Gasteiger partial charge on any atom is 0.491 e. The molecule has 5 rings (SSSR count). The Labute approximate surface area is 274 Å². The minimum atomic E-state index is -5.62. The van der Waals surface area contributed by atoms with E-state index in [0.29, 0.717) is 22.3 Å². The summed E-state index contributed by atoms with van der Waals surface area (Å²) in [4.78, 5) is 40.7. The van der Waals surface area contributed by atoms with E-state index in [1.54, 1.807) is 17.0 Å². The lowest BCUT2D eigenvalue weighted by Gasteiger charge is -2.20. The van der Waals surface area contributed by atoms with E-state index in [9.17, 15) is 35.9 Å². The first-order valence-corrected chi connectivity index (χ1v) is 15.5. The third kappa shape index (κ3) is 11.2. The van der Waals surface area contributed by atoms with Crippen LogP contribution in [0.2, 0.25) is 0 Å². The average Bonchev–Trinajstić information content (AvgIpc) is 3.51. The number of rotatable bonds is 4. The summed E-state index contributed by atoms with van der Waals surface area (Å²) in [5, 5.41) is 12.6. The van der Waals surface area contributed by atoms with E-state index < -0.39 is 24.3 Å². The molecule has 2 fully saturated rings. The summed E-state index contributed by atoms with van der Waals surface area (Å²) < 4.78 is 72.9. The third-order valence-corrected chi connectivity index (χ3v) is 7.97. The molecule has 0 bridgehead atoms. The van der Waals surface area contributed by atoms with Crippen molar-refractivity contribution in [1.82, 2.24) is 35.0 Å². The van der Waals surface area contributed by atoms with Crippen LogP contribution in [0, 0.1) is 0 Å². The number of ether oxygens (including phenoxy) is 1. The van der Waals surface area contributed by atoms with Crippen LogP contribution in [0.5, 0.6) is 0 Å². The molecule has 0 unspecified atom stereocenters. The summed E-state index contributed by atoms with van der Waals surface area (Å²) in [5.41, 5.74) is 4.81. The number of hydroxylamine groups is 1. The first kappa shape index (κ1) is 37.2. The van der Waals surface area contributed by atoms with Crippen LogP contribution in [0.25, 0.3) is 5.65 Å². The molecule has 0 amide bonds. The van der Waals surface area contributed by atoms with E-state index in [-0.39, 0.29) is 0 Å². The molecule has 0 saturated heterocycles. The van der Waals surface area contributed by atoms with E-state index in [4.69, 9.17) is 5.21 Å². The maximum absolute atomic E-state index is 11.2. The van der Waals surface area contributed by atoms with Gasteiger partial charge in [0.05, 0.1) is 23.8 Å². The van der Waals surface area contributed by atoms with Crippen LogP contribution in [0.15, 0.2) is 32.9 Å². The molecule has 0 atom stereocenters. The molecule has 46 heavy (non-hydrogen) atoms. The van der Waals surface area contributed by atoms with Gasteiger partial charge in [0.2, 0.25) is 0 Å². The zero-order valence-corrected chi connectivity index (χ0v) is 27.0. The van der Waals surface area contributed by atoms with E-state index in [1.165, 1.54) is 64.2 Å². The zero-order valence-electron chi connectivity index (χ0n) is 23.9. The Morgan fingerprint density at radius 1 is 0.870 bits per heavy atom. The van der Waals surface area contributed by atoms with Crippen molar-refractivity contribution in [3.63, 3.8) is 0 Å². The van der Waals surface area contributed by atoms with Gasteiger partial charge in [-0.3, -0.25) is 10.7 Å². The quantitative estimate of drug-likeness (QED) is 0.0702. The molecule has 0 spiro atoms. The number of esters is 2. The van der Waals surface area contributed by atoms with Crippen LogP contribution in [0.4, 0.5) is 32.2 Å². The highest BCUT2D eigenvalue weighted by Crippen LogP contribution is 2.34. The van der Waals surface area contributed by atoms with Gasteiger partial charge in [0.25, 0.3) is 0 Å². The van der Waals surface area contributed by atoms with Crippen molar-refractivity contribution < 1.29 is 45.9 Å². The van der Waals surface area contributed by atoms with Crippen LogP contribution in [-0.4, -0.2) is 65.4 Å². The molecule has 3 aromatic heterocycles. The number of hydrogen-bond acceptors (Lipinski definition) is 10. The molecule has 12 nitrogen and oxygen atoms in total. The van der Waals surface area contributed by atoms with Crippen LogP contribution in [0.3, 0.4) is 0 Å². The minimum absolute atomic E-state index is 0.464. The van der Waals surface area contributed by atoms with E-state index in [2.05, 4.69) is 66.6 Å². The van der Waals surface area contributed by atoms with Gasteiger partial charge >= 0.3 is 24.3 Å². The van der Waals surface area contributed by atoms with Crippen LogP contribution >= 0.6 is 31.9 Å². The van der Waals surface area contributed by atoms with Crippen molar-refractivity contribution in [3.8, 4) is 0 Å². The first-order valence-electron chi connectivity index (χ1n) is 13.9. The SMILES string of the molecule is Brc1nc(C2CCCCC2)cn2ncnc12.O=C(OC(=O)C(F)(F)F)C(F)(F)F.ONC=Nc1ncc(C2CCCCC2)nc1Br. The van der Waals surface area contributed by atoms with Gasteiger partial charge in [0.1, 0.15) is 12.7 Å². The topological polar surface area (TPSA) is 157 Å². The fourth-order valence-corrected chi connectivity index (χ4v) is 5.65. The molecule has 2 aliphatic rings. The molecule has 3 aromatic rings. The Morgan fingerprint density at radius 3 is 1.89 bits per heavy atom. The van der Waals surface area contributed by atoms with Crippen molar-refractivity contribution in [1.29, 1.82) is 0 Å². The lowest BCUT2D eigenvalue weighted by molar-refractivity contribution is -0.221. The van der Waals surface area contributed by atoms with E-state index in [1.807, 2.05) is 11.7 Å². The molecular formula is C26H28Br2F6N8O4. The highest BCUT2D eigenvalue weighted by atomic mass is 79.9. The Morgan fingerprint density at radius 2 is 1.39 bits per heavy atom. The normalized spacial score (nSPS) is 16.3. The molecule has 3 heterocycles. The molecule has 2 aliphatic carbocycles. The number of aliphatic imine (C=N–C) groups is 1. The predicted octanol–water partition coefficient (Wildman–Crippen LogP) is 7.04. The van der Waals surface area contributed by atoms with Crippen LogP contribution < -0.4 is 5.48 Å². The van der Waals surface area contributed by atoms with E-state index in [0.717, 1.165) is 28.0 Å². The summed E-state index contributed by atoms with van der Waals surface area (Å²) in [5.74, 6) is -4.81. The van der Waals surface area contributed by atoms with Gasteiger partial charge in [0, 0.05) is 11.8 Å². The largest absolute Gasteiger partial charge is 0.491 e.